The van der Waals surface area contributed by atoms with Gasteiger partial charge in [-0.25, -0.2) is 0 Å². The number of ether oxygens (including phenoxy) is 3. The average molecular weight is 361 g/mol. The summed E-state index contributed by atoms with van der Waals surface area (Å²) in [4.78, 5) is 0. The van der Waals surface area contributed by atoms with Crippen molar-refractivity contribution in [2.45, 2.75) is 52.1 Å². The molecule has 1 heterocycles. The third-order valence-corrected chi connectivity index (χ3v) is 4.60. The van der Waals surface area contributed by atoms with E-state index in [1.807, 2.05) is 25.1 Å². The minimum atomic E-state index is -0.0318. The Labute approximate surface area is 156 Å². The molecule has 0 aliphatic rings. The molecule has 1 atom stereocenters. The van der Waals surface area contributed by atoms with E-state index < -0.39 is 0 Å². The Kier molecular flexibility index (Phi) is 6.59. The largest absolute Gasteiger partial charge is 0.493 e. The van der Waals surface area contributed by atoms with Gasteiger partial charge in [0, 0.05) is 18.0 Å². The quantitative estimate of drug-likeness (QED) is 0.715. The van der Waals surface area contributed by atoms with Gasteiger partial charge in [0.1, 0.15) is 11.5 Å². The molecule has 1 aromatic carbocycles. The van der Waals surface area contributed by atoms with Crippen molar-refractivity contribution in [1.82, 2.24) is 5.32 Å². The van der Waals surface area contributed by atoms with Gasteiger partial charge in [-0.1, -0.05) is 13.8 Å². The van der Waals surface area contributed by atoms with Gasteiger partial charge in [-0.05, 0) is 50.1 Å². The number of nitrogens with one attached hydrogen (secondary N) is 1. The number of furan rings is 1. The molecule has 26 heavy (non-hydrogen) atoms. The van der Waals surface area contributed by atoms with Crippen LogP contribution in [0.3, 0.4) is 0 Å². The lowest BCUT2D eigenvalue weighted by Crippen LogP contribution is -2.32. The first-order valence-electron chi connectivity index (χ1n) is 8.90. The number of hydrogen-bond donors (Lipinski definition) is 1. The highest BCUT2D eigenvalue weighted by Gasteiger charge is 2.26. The van der Waals surface area contributed by atoms with E-state index >= 15 is 0 Å². The van der Waals surface area contributed by atoms with Gasteiger partial charge in [0.05, 0.1) is 21.3 Å². The molecule has 0 saturated heterocycles. The third kappa shape index (κ3) is 4.73. The smallest absolute Gasteiger partial charge is 0.203 e. The molecule has 0 aliphatic carbocycles. The van der Waals surface area contributed by atoms with E-state index in [4.69, 9.17) is 18.6 Å². The molecule has 5 nitrogen and oxygen atoms in total. The van der Waals surface area contributed by atoms with E-state index in [2.05, 4.69) is 32.2 Å². The lowest BCUT2D eigenvalue weighted by molar-refractivity contribution is 0.316. The lowest BCUT2D eigenvalue weighted by Gasteiger charge is -2.27. The zero-order chi connectivity index (χ0) is 19.3. The second-order valence-corrected chi connectivity index (χ2v) is 7.31. The predicted molar refractivity (Wildman–Crippen MR) is 103 cm³/mol. The van der Waals surface area contributed by atoms with Crippen LogP contribution in [-0.4, -0.2) is 27.4 Å². The van der Waals surface area contributed by atoms with E-state index in [0.717, 1.165) is 23.5 Å². The maximum atomic E-state index is 5.82. The van der Waals surface area contributed by atoms with E-state index in [-0.39, 0.29) is 5.41 Å². The zero-order valence-electron chi connectivity index (χ0n) is 16.9. The third-order valence-electron chi connectivity index (χ3n) is 4.60. The van der Waals surface area contributed by atoms with Crippen molar-refractivity contribution in [2.24, 2.45) is 0 Å². The molecule has 2 rings (SSSR count). The van der Waals surface area contributed by atoms with Crippen LogP contribution in [0.1, 0.15) is 44.3 Å². The van der Waals surface area contributed by atoms with E-state index in [1.54, 1.807) is 21.3 Å². The monoisotopic (exact) mass is 361 g/mol. The van der Waals surface area contributed by atoms with Crippen LogP contribution in [0, 0.1) is 6.92 Å². The second-order valence-electron chi connectivity index (χ2n) is 7.31. The first-order valence-corrected chi connectivity index (χ1v) is 8.90. The summed E-state index contributed by atoms with van der Waals surface area (Å²) in [7, 11) is 4.87. The molecule has 0 radical (unpaired) electrons. The summed E-state index contributed by atoms with van der Waals surface area (Å²) in [6, 6.07) is 8.35. The molecule has 1 aromatic heterocycles. The van der Waals surface area contributed by atoms with Gasteiger partial charge in [0.25, 0.3) is 0 Å². The Morgan fingerprint density at radius 2 is 1.65 bits per heavy atom. The van der Waals surface area contributed by atoms with Crippen LogP contribution in [0.4, 0.5) is 0 Å². The number of rotatable bonds is 9. The van der Waals surface area contributed by atoms with Crippen LogP contribution in [-0.2, 0) is 12.0 Å². The highest BCUT2D eigenvalue weighted by molar-refractivity contribution is 5.53. The zero-order valence-corrected chi connectivity index (χ0v) is 16.9. The summed E-state index contributed by atoms with van der Waals surface area (Å²) < 4.78 is 22.0. The predicted octanol–water partition coefficient (Wildman–Crippen LogP) is 4.46. The molecule has 144 valence electrons. The normalized spacial score (nSPS) is 12.7. The van der Waals surface area contributed by atoms with Gasteiger partial charge in [0.2, 0.25) is 5.75 Å². The highest BCUT2D eigenvalue weighted by Crippen LogP contribution is 2.38. The van der Waals surface area contributed by atoms with Crippen LogP contribution in [0.2, 0.25) is 0 Å². The number of aryl methyl sites for hydroxylation is 1. The van der Waals surface area contributed by atoms with Gasteiger partial charge >= 0.3 is 0 Å². The van der Waals surface area contributed by atoms with Crippen molar-refractivity contribution in [2.75, 3.05) is 21.3 Å². The Morgan fingerprint density at radius 3 is 2.12 bits per heavy atom. The van der Waals surface area contributed by atoms with Crippen molar-refractivity contribution in [3.8, 4) is 17.2 Å². The standard InChI is InChI=1S/C21H31NO4/c1-14(12-21(3,4)19-9-8-15(2)26-19)22-13-16-10-17(23-5)20(25-7)18(11-16)24-6/h8-11,14,22H,12-13H2,1-7H3. The molecular weight excluding hydrogens is 330 g/mol. The van der Waals surface area contributed by atoms with Crippen molar-refractivity contribution >= 4 is 0 Å². The summed E-state index contributed by atoms with van der Waals surface area (Å²) >= 11 is 0. The van der Waals surface area contributed by atoms with Gasteiger partial charge in [0.15, 0.2) is 11.5 Å². The molecule has 0 fully saturated rings. The van der Waals surface area contributed by atoms with E-state index in [1.165, 1.54) is 0 Å². The Bertz CT molecular complexity index is 696. The Morgan fingerprint density at radius 1 is 1.04 bits per heavy atom. The molecule has 0 saturated carbocycles. The van der Waals surface area contributed by atoms with Gasteiger partial charge < -0.3 is 23.9 Å². The lowest BCUT2D eigenvalue weighted by atomic mass is 9.83. The van der Waals surface area contributed by atoms with Crippen LogP contribution < -0.4 is 19.5 Å². The van der Waals surface area contributed by atoms with Crippen molar-refractivity contribution in [3.63, 3.8) is 0 Å². The van der Waals surface area contributed by atoms with Crippen LogP contribution in [0.15, 0.2) is 28.7 Å². The molecule has 5 heteroatoms. The summed E-state index contributed by atoms with van der Waals surface area (Å²) in [5.74, 6) is 3.93. The first kappa shape index (κ1) is 20.2. The second kappa shape index (κ2) is 8.49. The molecule has 1 unspecified atom stereocenters. The molecule has 0 spiro atoms. The van der Waals surface area contributed by atoms with Crippen LogP contribution in [0.5, 0.6) is 17.2 Å². The van der Waals surface area contributed by atoms with Crippen LogP contribution >= 0.6 is 0 Å². The molecule has 2 aromatic rings. The topological polar surface area (TPSA) is 52.9 Å². The molecular formula is C21H31NO4. The fourth-order valence-electron chi connectivity index (χ4n) is 3.27. The summed E-state index contributed by atoms with van der Waals surface area (Å²) in [5, 5.41) is 3.58. The summed E-state index contributed by atoms with van der Waals surface area (Å²) in [6.45, 7) is 9.30. The van der Waals surface area contributed by atoms with Crippen molar-refractivity contribution < 1.29 is 18.6 Å². The average Bonchev–Trinajstić information content (AvgIpc) is 3.06. The van der Waals surface area contributed by atoms with Gasteiger partial charge in [-0.2, -0.15) is 0 Å². The van der Waals surface area contributed by atoms with E-state index in [0.29, 0.717) is 29.8 Å². The SMILES string of the molecule is COc1cc(CNC(C)CC(C)(C)c2ccc(C)o2)cc(OC)c1OC. The molecule has 1 N–H and O–H groups in total. The fourth-order valence-corrected chi connectivity index (χ4v) is 3.27. The molecule has 0 amide bonds. The number of hydrogen-bond acceptors (Lipinski definition) is 5. The Balaban J connectivity index is 2.03. The maximum absolute atomic E-state index is 5.82. The molecule has 0 aliphatic heterocycles. The fraction of sp³-hybridized carbons (Fsp3) is 0.524. The molecule has 0 bridgehead atoms. The number of benzene rings is 1. The number of methoxy groups -OCH3 is 3. The van der Waals surface area contributed by atoms with E-state index in [9.17, 15) is 0 Å². The van der Waals surface area contributed by atoms with Gasteiger partial charge in [-0.15, -0.1) is 0 Å². The van der Waals surface area contributed by atoms with Crippen molar-refractivity contribution in [1.29, 1.82) is 0 Å². The summed E-state index contributed by atoms with van der Waals surface area (Å²) in [5.41, 5.74) is 1.05. The Hall–Kier alpha value is -2.14. The maximum Gasteiger partial charge on any atom is 0.203 e. The first-order chi connectivity index (χ1) is 12.3. The minimum absolute atomic E-state index is 0.0318. The van der Waals surface area contributed by atoms with Crippen LogP contribution in [0.25, 0.3) is 0 Å². The highest BCUT2D eigenvalue weighted by atomic mass is 16.5. The minimum Gasteiger partial charge on any atom is -0.493 e. The van der Waals surface area contributed by atoms with Gasteiger partial charge in [-0.3, -0.25) is 0 Å². The van der Waals surface area contributed by atoms with Crippen molar-refractivity contribution in [3.05, 3.63) is 41.3 Å². The summed E-state index contributed by atoms with van der Waals surface area (Å²) in [6.07, 6.45) is 0.963.